The maximum absolute atomic E-state index is 5.91. The molecule has 0 radical (unpaired) electrons. The van der Waals surface area contributed by atoms with Crippen LogP contribution in [0, 0.1) is 0 Å². The van der Waals surface area contributed by atoms with Gasteiger partial charge >= 0.3 is 0 Å². The van der Waals surface area contributed by atoms with E-state index in [2.05, 4.69) is 14.8 Å². The van der Waals surface area contributed by atoms with Gasteiger partial charge in [-0.3, -0.25) is 0 Å². The lowest BCUT2D eigenvalue weighted by Gasteiger charge is -2.09. The molecule has 3 rings (SSSR count). The predicted molar refractivity (Wildman–Crippen MR) is 83.7 cm³/mol. The van der Waals surface area contributed by atoms with E-state index in [-0.39, 0.29) is 0 Å². The minimum Gasteiger partial charge on any atom is -0.492 e. The summed E-state index contributed by atoms with van der Waals surface area (Å²) in [6.07, 6.45) is 4.70. The largest absolute Gasteiger partial charge is 0.492 e. The highest BCUT2D eigenvalue weighted by molar-refractivity contribution is 7.99. The Labute approximate surface area is 128 Å². The molecule has 0 unspecified atom stereocenters. The Hall–Kier alpha value is -1.69. The Kier molecular flexibility index (Phi) is 4.34. The topological polar surface area (TPSA) is 66.0 Å². The molecule has 5 nitrogen and oxygen atoms in total. The number of aromatic nitrogens is 3. The average molecular weight is 304 g/mol. The number of aryl methyl sites for hydroxylation is 1. The molecule has 2 aromatic rings. The second kappa shape index (κ2) is 6.39. The molecule has 2 N–H and O–H groups in total. The van der Waals surface area contributed by atoms with E-state index in [1.165, 1.54) is 19.3 Å². The molecule has 0 aliphatic carbocycles. The van der Waals surface area contributed by atoms with Crippen molar-refractivity contribution >= 4 is 17.4 Å². The molecule has 0 spiro atoms. The molecule has 0 bridgehead atoms. The summed E-state index contributed by atoms with van der Waals surface area (Å²) in [7, 11) is 0. The molecule has 21 heavy (non-hydrogen) atoms. The van der Waals surface area contributed by atoms with Gasteiger partial charge in [-0.25, -0.2) is 0 Å². The van der Waals surface area contributed by atoms with E-state index >= 15 is 0 Å². The lowest BCUT2D eigenvalue weighted by atomic mass is 10.2. The Morgan fingerprint density at radius 3 is 3.05 bits per heavy atom. The van der Waals surface area contributed by atoms with Gasteiger partial charge in [0.15, 0.2) is 5.16 Å². The number of nitrogen functional groups attached to an aromatic ring is 1. The molecule has 112 valence electrons. The zero-order valence-electron chi connectivity index (χ0n) is 12.2. The molecule has 0 fully saturated rings. The van der Waals surface area contributed by atoms with E-state index in [0.29, 0.717) is 12.3 Å². The minimum atomic E-state index is 0.610. The average Bonchev–Trinajstić information content (AvgIpc) is 2.71. The molecule has 1 aliphatic rings. The van der Waals surface area contributed by atoms with Crippen molar-refractivity contribution in [3.8, 4) is 5.75 Å². The van der Waals surface area contributed by atoms with E-state index in [4.69, 9.17) is 10.5 Å². The van der Waals surface area contributed by atoms with E-state index in [1.807, 2.05) is 25.1 Å². The smallest absolute Gasteiger partial charge is 0.196 e. The molecule has 0 amide bonds. The van der Waals surface area contributed by atoms with Gasteiger partial charge in [0.2, 0.25) is 0 Å². The second-order valence-corrected chi connectivity index (χ2v) is 6.14. The fraction of sp³-hybridized carbons (Fsp3) is 0.467. The van der Waals surface area contributed by atoms with Gasteiger partial charge in [0, 0.05) is 17.9 Å². The van der Waals surface area contributed by atoms with Crippen LogP contribution in [0.5, 0.6) is 5.75 Å². The highest BCUT2D eigenvalue weighted by Gasteiger charge is 2.16. The summed E-state index contributed by atoms with van der Waals surface area (Å²) >= 11 is 1.62. The van der Waals surface area contributed by atoms with Crippen LogP contribution in [-0.2, 0) is 13.0 Å². The minimum absolute atomic E-state index is 0.610. The molecule has 2 heterocycles. The standard InChI is InChI=1S/C15H20N4OS/c1-2-20-13-10-11(7-8-12(13)16)21-15-18-17-14-6-4-3-5-9-19(14)15/h7-8,10H,2-6,9,16H2,1H3. The van der Waals surface area contributed by atoms with Crippen LogP contribution in [-0.4, -0.2) is 21.4 Å². The van der Waals surface area contributed by atoms with Crippen LogP contribution in [0.15, 0.2) is 28.3 Å². The van der Waals surface area contributed by atoms with Gasteiger partial charge in [-0.05, 0) is 49.7 Å². The normalized spacial score (nSPS) is 14.5. The summed E-state index contributed by atoms with van der Waals surface area (Å²) in [4.78, 5) is 1.08. The van der Waals surface area contributed by atoms with Gasteiger partial charge < -0.3 is 15.0 Å². The molecule has 6 heteroatoms. The second-order valence-electron chi connectivity index (χ2n) is 5.10. The summed E-state index contributed by atoms with van der Waals surface area (Å²) in [5, 5.41) is 9.62. The van der Waals surface area contributed by atoms with Gasteiger partial charge in [0.25, 0.3) is 0 Å². The van der Waals surface area contributed by atoms with Crippen molar-refractivity contribution in [2.75, 3.05) is 12.3 Å². The van der Waals surface area contributed by atoms with Gasteiger partial charge in [-0.2, -0.15) is 0 Å². The predicted octanol–water partition coefficient (Wildman–Crippen LogP) is 3.14. The SMILES string of the molecule is CCOc1cc(Sc2nnc3n2CCCCC3)ccc1N. The Morgan fingerprint density at radius 2 is 2.19 bits per heavy atom. The first kappa shape index (κ1) is 14.3. The van der Waals surface area contributed by atoms with E-state index < -0.39 is 0 Å². The zero-order chi connectivity index (χ0) is 14.7. The Morgan fingerprint density at radius 1 is 1.29 bits per heavy atom. The number of hydrogen-bond acceptors (Lipinski definition) is 5. The van der Waals surface area contributed by atoms with Crippen molar-refractivity contribution in [2.24, 2.45) is 0 Å². The van der Waals surface area contributed by atoms with Crippen molar-refractivity contribution < 1.29 is 4.74 Å². The maximum atomic E-state index is 5.91. The molecule has 1 aromatic carbocycles. The fourth-order valence-corrected chi connectivity index (χ4v) is 3.40. The van der Waals surface area contributed by atoms with Crippen LogP contribution >= 0.6 is 11.8 Å². The molecule has 0 atom stereocenters. The highest BCUT2D eigenvalue weighted by atomic mass is 32.2. The Balaban J connectivity index is 1.83. The Bertz CT molecular complexity index is 626. The van der Waals surface area contributed by atoms with Gasteiger partial charge in [0.1, 0.15) is 11.6 Å². The number of fused-ring (bicyclic) bond motifs is 1. The van der Waals surface area contributed by atoms with Crippen molar-refractivity contribution in [3.63, 3.8) is 0 Å². The number of rotatable bonds is 4. The summed E-state index contributed by atoms with van der Waals surface area (Å²) < 4.78 is 7.79. The summed E-state index contributed by atoms with van der Waals surface area (Å²) in [6, 6.07) is 5.86. The molecular formula is C15H20N4OS. The van der Waals surface area contributed by atoms with Crippen LogP contribution in [0.4, 0.5) is 5.69 Å². The quantitative estimate of drug-likeness (QED) is 0.879. The lowest BCUT2D eigenvalue weighted by Crippen LogP contribution is -2.02. The number of benzene rings is 1. The monoisotopic (exact) mass is 304 g/mol. The summed E-state index contributed by atoms with van der Waals surface area (Å²) in [5.41, 5.74) is 6.58. The summed E-state index contributed by atoms with van der Waals surface area (Å²) in [5.74, 6) is 1.84. The van der Waals surface area contributed by atoms with Gasteiger partial charge in [0.05, 0.1) is 12.3 Å². The van der Waals surface area contributed by atoms with Gasteiger partial charge in [-0.15, -0.1) is 10.2 Å². The van der Waals surface area contributed by atoms with Crippen molar-refractivity contribution in [1.29, 1.82) is 0 Å². The van der Waals surface area contributed by atoms with Crippen molar-refractivity contribution in [1.82, 2.24) is 14.8 Å². The molecule has 0 saturated carbocycles. The lowest BCUT2D eigenvalue weighted by molar-refractivity contribution is 0.341. The number of nitrogens with zero attached hydrogens (tertiary/aromatic N) is 3. The van der Waals surface area contributed by atoms with Crippen molar-refractivity contribution in [2.45, 2.75) is 49.2 Å². The molecule has 1 aliphatic heterocycles. The number of ether oxygens (including phenoxy) is 1. The van der Waals surface area contributed by atoms with Crippen molar-refractivity contribution in [3.05, 3.63) is 24.0 Å². The summed E-state index contributed by atoms with van der Waals surface area (Å²) in [6.45, 7) is 3.58. The fourth-order valence-electron chi connectivity index (χ4n) is 2.50. The first-order chi connectivity index (χ1) is 10.3. The number of hydrogen-bond donors (Lipinski definition) is 1. The molecule has 1 aromatic heterocycles. The first-order valence-corrected chi connectivity index (χ1v) is 8.22. The third-order valence-corrected chi connectivity index (χ3v) is 4.54. The van der Waals surface area contributed by atoms with Crippen LogP contribution in [0.25, 0.3) is 0 Å². The first-order valence-electron chi connectivity index (χ1n) is 7.40. The third kappa shape index (κ3) is 3.15. The third-order valence-electron chi connectivity index (χ3n) is 3.57. The number of nitrogens with two attached hydrogens (primary N) is 1. The number of anilines is 1. The van der Waals surface area contributed by atoms with Gasteiger partial charge in [-0.1, -0.05) is 6.42 Å². The van der Waals surface area contributed by atoms with Crippen LogP contribution in [0.2, 0.25) is 0 Å². The van der Waals surface area contributed by atoms with Crippen LogP contribution < -0.4 is 10.5 Å². The molecule has 0 saturated heterocycles. The van der Waals surface area contributed by atoms with E-state index in [9.17, 15) is 0 Å². The highest BCUT2D eigenvalue weighted by Crippen LogP contribution is 2.33. The van der Waals surface area contributed by atoms with E-state index in [0.717, 1.165) is 34.6 Å². The van der Waals surface area contributed by atoms with Crippen LogP contribution in [0.3, 0.4) is 0 Å². The maximum Gasteiger partial charge on any atom is 0.196 e. The molecular weight excluding hydrogens is 284 g/mol. The van der Waals surface area contributed by atoms with Crippen LogP contribution in [0.1, 0.15) is 32.0 Å². The zero-order valence-corrected chi connectivity index (χ0v) is 13.0. The van der Waals surface area contributed by atoms with E-state index in [1.54, 1.807) is 11.8 Å².